The highest BCUT2D eigenvalue weighted by atomic mass is 32.1. The van der Waals surface area contributed by atoms with E-state index in [0.29, 0.717) is 24.5 Å². The third-order valence-electron chi connectivity index (χ3n) is 5.48. The molecule has 0 atom stereocenters. The van der Waals surface area contributed by atoms with Crippen LogP contribution in [-0.4, -0.2) is 71.8 Å². The summed E-state index contributed by atoms with van der Waals surface area (Å²) in [5, 5.41) is 3.04. The van der Waals surface area contributed by atoms with Crippen molar-refractivity contribution in [2.45, 2.75) is 13.5 Å². The van der Waals surface area contributed by atoms with Gasteiger partial charge in [-0.05, 0) is 23.8 Å². The highest BCUT2D eigenvalue weighted by Crippen LogP contribution is 2.23. The molecule has 0 unspecified atom stereocenters. The Morgan fingerprint density at radius 1 is 1.03 bits per heavy atom. The summed E-state index contributed by atoms with van der Waals surface area (Å²) >= 11 is 1.47. The lowest BCUT2D eigenvalue weighted by Gasteiger charge is -2.34. The first-order valence-corrected chi connectivity index (χ1v) is 10.9. The highest BCUT2D eigenvalue weighted by molar-refractivity contribution is 7.13. The summed E-state index contributed by atoms with van der Waals surface area (Å²) in [7, 11) is 3.51. The summed E-state index contributed by atoms with van der Waals surface area (Å²) in [4.78, 5) is 36.5. The van der Waals surface area contributed by atoms with Crippen molar-refractivity contribution >= 4 is 33.9 Å². The number of carbonyl (C=O) groups excluding carboxylic acids is 2. The van der Waals surface area contributed by atoms with E-state index in [4.69, 9.17) is 0 Å². The molecular formula is C23H26N4O2S. The van der Waals surface area contributed by atoms with Gasteiger partial charge in [0.15, 0.2) is 0 Å². The molecule has 30 heavy (non-hydrogen) atoms. The summed E-state index contributed by atoms with van der Waals surface area (Å²) < 4.78 is 0. The van der Waals surface area contributed by atoms with Gasteiger partial charge < -0.3 is 9.80 Å². The minimum atomic E-state index is 0.00162. The van der Waals surface area contributed by atoms with Gasteiger partial charge in [-0.2, -0.15) is 0 Å². The van der Waals surface area contributed by atoms with Crippen LogP contribution in [0.4, 0.5) is 0 Å². The van der Waals surface area contributed by atoms with E-state index in [9.17, 15) is 9.59 Å². The van der Waals surface area contributed by atoms with E-state index < -0.39 is 0 Å². The summed E-state index contributed by atoms with van der Waals surface area (Å²) in [6.45, 7) is 5.57. The Balaban J connectivity index is 1.40. The second kappa shape index (κ2) is 8.53. The summed E-state index contributed by atoms with van der Waals surface area (Å²) in [6, 6.07) is 13.9. The predicted octanol–water partition coefficient (Wildman–Crippen LogP) is 3.26. The number of hydrogen-bond donors (Lipinski definition) is 0. The van der Waals surface area contributed by atoms with Crippen LogP contribution in [0.15, 0.2) is 42.5 Å². The van der Waals surface area contributed by atoms with Crippen LogP contribution in [-0.2, 0) is 6.54 Å². The quantitative estimate of drug-likeness (QED) is 0.648. The molecule has 0 radical (unpaired) electrons. The molecule has 2 amide bonds. The molecule has 1 aliphatic heterocycles. The molecule has 0 saturated carbocycles. The SMILES string of the molecule is Cc1nc(CN2CCN(C(=O)c3cccc4ccccc34)CC2)sc1C(=O)N(C)C. The molecular weight excluding hydrogens is 396 g/mol. The second-order valence-corrected chi connectivity index (χ2v) is 8.90. The molecule has 1 aromatic heterocycles. The third-order valence-corrected chi connectivity index (χ3v) is 6.61. The number of aryl methyl sites for hydroxylation is 1. The molecule has 2 aromatic carbocycles. The lowest BCUT2D eigenvalue weighted by atomic mass is 10.0. The maximum absolute atomic E-state index is 13.1. The molecule has 0 aliphatic carbocycles. The van der Waals surface area contributed by atoms with Gasteiger partial charge in [-0.25, -0.2) is 4.98 Å². The van der Waals surface area contributed by atoms with Crippen molar-refractivity contribution in [3.8, 4) is 0 Å². The first-order chi connectivity index (χ1) is 14.4. The van der Waals surface area contributed by atoms with Crippen LogP contribution in [0.1, 0.15) is 30.7 Å². The van der Waals surface area contributed by atoms with Gasteiger partial charge in [-0.1, -0.05) is 36.4 Å². The zero-order valence-corrected chi connectivity index (χ0v) is 18.4. The second-order valence-electron chi connectivity index (χ2n) is 7.82. The van der Waals surface area contributed by atoms with Crippen molar-refractivity contribution in [1.82, 2.24) is 19.7 Å². The first kappa shape index (κ1) is 20.5. The van der Waals surface area contributed by atoms with Crippen LogP contribution >= 0.6 is 11.3 Å². The smallest absolute Gasteiger partial charge is 0.265 e. The minimum Gasteiger partial charge on any atom is -0.344 e. The molecule has 3 aromatic rings. The molecule has 1 saturated heterocycles. The van der Waals surface area contributed by atoms with E-state index in [2.05, 4.69) is 9.88 Å². The number of carbonyl (C=O) groups is 2. The predicted molar refractivity (Wildman–Crippen MR) is 120 cm³/mol. The highest BCUT2D eigenvalue weighted by Gasteiger charge is 2.25. The standard InChI is InChI=1S/C23H26N4O2S/c1-16-21(23(29)25(2)3)30-20(24-16)15-26-11-13-27(14-12-26)22(28)19-10-6-8-17-7-4-5-9-18(17)19/h4-10H,11-15H2,1-3H3. The fraction of sp³-hybridized carbons (Fsp3) is 0.348. The zero-order valence-electron chi connectivity index (χ0n) is 17.6. The number of rotatable bonds is 4. The van der Waals surface area contributed by atoms with Crippen LogP contribution in [0.5, 0.6) is 0 Å². The number of piperazine rings is 1. The summed E-state index contributed by atoms with van der Waals surface area (Å²) in [5.74, 6) is 0.0946. The first-order valence-electron chi connectivity index (χ1n) is 10.1. The maximum atomic E-state index is 13.1. The fourth-order valence-corrected chi connectivity index (χ4v) is 4.93. The molecule has 6 nitrogen and oxygen atoms in total. The fourth-order valence-electron chi connectivity index (χ4n) is 3.80. The molecule has 7 heteroatoms. The zero-order chi connectivity index (χ0) is 21.3. The Bertz CT molecular complexity index is 1080. The number of amides is 2. The Kier molecular flexibility index (Phi) is 5.83. The van der Waals surface area contributed by atoms with Crippen molar-refractivity contribution in [3.63, 3.8) is 0 Å². The van der Waals surface area contributed by atoms with Gasteiger partial charge in [0.05, 0.1) is 12.2 Å². The number of fused-ring (bicyclic) bond motifs is 1. The summed E-state index contributed by atoms with van der Waals surface area (Å²) in [6.07, 6.45) is 0. The van der Waals surface area contributed by atoms with Gasteiger partial charge in [0.2, 0.25) is 0 Å². The minimum absolute atomic E-state index is 0.00162. The van der Waals surface area contributed by atoms with E-state index in [1.807, 2.05) is 54.3 Å². The van der Waals surface area contributed by atoms with Crippen molar-refractivity contribution in [2.75, 3.05) is 40.3 Å². The monoisotopic (exact) mass is 422 g/mol. The van der Waals surface area contributed by atoms with Crippen LogP contribution in [0, 0.1) is 6.92 Å². The van der Waals surface area contributed by atoms with E-state index in [0.717, 1.165) is 40.1 Å². The average molecular weight is 423 g/mol. The average Bonchev–Trinajstić information content (AvgIpc) is 3.12. The van der Waals surface area contributed by atoms with Gasteiger partial charge in [-0.15, -0.1) is 11.3 Å². The van der Waals surface area contributed by atoms with Crippen molar-refractivity contribution < 1.29 is 9.59 Å². The van der Waals surface area contributed by atoms with Gasteiger partial charge in [0, 0.05) is 45.8 Å². The number of aromatic nitrogens is 1. The molecule has 0 spiro atoms. The maximum Gasteiger partial charge on any atom is 0.265 e. The molecule has 4 rings (SSSR count). The molecule has 1 aliphatic rings. The lowest BCUT2D eigenvalue weighted by molar-refractivity contribution is 0.0630. The number of thiazole rings is 1. The molecule has 156 valence electrons. The van der Waals surface area contributed by atoms with Crippen LogP contribution in [0.3, 0.4) is 0 Å². The van der Waals surface area contributed by atoms with E-state index in [1.54, 1.807) is 19.0 Å². The normalized spacial score (nSPS) is 14.8. The Labute approximate surface area is 180 Å². The van der Waals surface area contributed by atoms with Crippen molar-refractivity contribution in [2.24, 2.45) is 0 Å². The Morgan fingerprint density at radius 3 is 2.47 bits per heavy atom. The van der Waals surface area contributed by atoms with Gasteiger partial charge in [0.25, 0.3) is 11.8 Å². The van der Waals surface area contributed by atoms with E-state index >= 15 is 0 Å². The lowest BCUT2D eigenvalue weighted by Crippen LogP contribution is -2.48. The molecule has 2 heterocycles. The topological polar surface area (TPSA) is 56.8 Å². The van der Waals surface area contributed by atoms with Gasteiger partial charge in [0.1, 0.15) is 9.88 Å². The van der Waals surface area contributed by atoms with Gasteiger partial charge >= 0.3 is 0 Å². The van der Waals surface area contributed by atoms with E-state index in [1.165, 1.54) is 11.3 Å². The van der Waals surface area contributed by atoms with Crippen molar-refractivity contribution in [1.29, 1.82) is 0 Å². The third kappa shape index (κ3) is 4.08. The van der Waals surface area contributed by atoms with Crippen molar-refractivity contribution in [3.05, 3.63) is 63.6 Å². The summed E-state index contributed by atoms with van der Waals surface area (Å²) in [5.41, 5.74) is 1.56. The number of hydrogen-bond acceptors (Lipinski definition) is 5. The van der Waals surface area contributed by atoms with E-state index in [-0.39, 0.29) is 11.8 Å². The Morgan fingerprint density at radius 2 is 1.73 bits per heavy atom. The van der Waals surface area contributed by atoms with Crippen LogP contribution in [0.25, 0.3) is 10.8 Å². The number of benzene rings is 2. The molecule has 0 N–H and O–H groups in total. The van der Waals surface area contributed by atoms with Gasteiger partial charge in [-0.3, -0.25) is 14.5 Å². The number of nitrogens with zero attached hydrogens (tertiary/aromatic N) is 4. The Hall–Kier alpha value is -2.77. The van der Waals surface area contributed by atoms with Crippen LogP contribution < -0.4 is 0 Å². The largest absolute Gasteiger partial charge is 0.344 e. The molecule has 1 fully saturated rings. The molecule has 0 bridgehead atoms. The van der Waals surface area contributed by atoms with Crippen LogP contribution in [0.2, 0.25) is 0 Å².